The topological polar surface area (TPSA) is 88.0 Å². The lowest BCUT2D eigenvalue weighted by Crippen LogP contribution is -2.34. The van der Waals surface area contributed by atoms with Crippen LogP contribution in [0.3, 0.4) is 0 Å². The highest BCUT2D eigenvalue weighted by atomic mass is 16.2. The van der Waals surface area contributed by atoms with E-state index in [1.165, 1.54) is 0 Å². The van der Waals surface area contributed by atoms with Crippen LogP contribution in [0.25, 0.3) is 0 Å². The Balaban J connectivity index is 1.91. The number of nitrogens with zero attached hydrogens (tertiary/aromatic N) is 2. The SMILES string of the molecule is CNC(=O)CCc1ccccc1NC(=O)NC[C@H](C)n1nc(C)cc1C. The first-order chi connectivity index (χ1) is 12.4. The summed E-state index contributed by atoms with van der Waals surface area (Å²) in [6, 6.07) is 9.30. The third kappa shape index (κ3) is 5.34. The quantitative estimate of drug-likeness (QED) is 0.711. The van der Waals surface area contributed by atoms with Gasteiger partial charge in [-0.2, -0.15) is 5.10 Å². The van der Waals surface area contributed by atoms with E-state index in [9.17, 15) is 9.59 Å². The molecule has 0 radical (unpaired) electrons. The summed E-state index contributed by atoms with van der Waals surface area (Å²) in [7, 11) is 1.61. The number of carbonyl (C=O) groups is 2. The van der Waals surface area contributed by atoms with E-state index in [0.29, 0.717) is 25.1 Å². The Morgan fingerprint density at radius 1 is 1.23 bits per heavy atom. The predicted molar refractivity (Wildman–Crippen MR) is 102 cm³/mol. The van der Waals surface area contributed by atoms with Gasteiger partial charge in [-0.1, -0.05) is 18.2 Å². The Labute approximate surface area is 154 Å². The molecule has 1 aromatic heterocycles. The monoisotopic (exact) mass is 357 g/mol. The Morgan fingerprint density at radius 3 is 2.62 bits per heavy atom. The second-order valence-corrected chi connectivity index (χ2v) is 6.39. The van der Waals surface area contributed by atoms with E-state index in [1.807, 2.05) is 55.8 Å². The highest BCUT2D eigenvalue weighted by Crippen LogP contribution is 2.17. The molecule has 26 heavy (non-hydrogen) atoms. The molecule has 0 bridgehead atoms. The van der Waals surface area contributed by atoms with Crippen molar-refractivity contribution in [3.63, 3.8) is 0 Å². The number of carbonyl (C=O) groups excluding carboxylic acids is 2. The van der Waals surface area contributed by atoms with Gasteiger partial charge in [-0.15, -0.1) is 0 Å². The molecule has 3 amide bonds. The Kier molecular flexibility index (Phi) is 6.77. The van der Waals surface area contributed by atoms with Crippen molar-refractivity contribution in [1.82, 2.24) is 20.4 Å². The fraction of sp³-hybridized carbons (Fsp3) is 0.421. The van der Waals surface area contributed by atoms with Crippen molar-refractivity contribution >= 4 is 17.6 Å². The molecule has 0 saturated heterocycles. The highest BCUT2D eigenvalue weighted by molar-refractivity contribution is 5.90. The van der Waals surface area contributed by atoms with Gasteiger partial charge in [-0.25, -0.2) is 4.79 Å². The van der Waals surface area contributed by atoms with Crippen molar-refractivity contribution in [2.75, 3.05) is 18.9 Å². The zero-order chi connectivity index (χ0) is 19.1. The number of aromatic nitrogens is 2. The lowest BCUT2D eigenvalue weighted by atomic mass is 10.1. The zero-order valence-corrected chi connectivity index (χ0v) is 15.8. The average Bonchev–Trinajstić information content (AvgIpc) is 2.97. The van der Waals surface area contributed by atoms with E-state index in [2.05, 4.69) is 21.0 Å². The number of amides is 3. The van der Waals surface area contributed by atoms with Gasteiger partial charge >= 0.3 is 6.03 Å². The largest absolute Gasteiger partial charge is 0.359 e. The molecule has 0 saturated carbocycles. The first kappa shape index (κ1) is 19.5. The van der Waals surface area contributed by atoms with Gasteiger partial charge in [-0.05, 0) is 44.9 Å². The summed E-state index contributed by atoms with van der Waals surface area (Å²) in [5.74, 6) is -0.0250. The van der Waals surface area contributed by atoms with Crippen LogP contribution in [-0.2, 0) is 11.2 Å². The molecule has 2 rings (SSSR count). The van der Waals surface area contributed by atoms with E-state index in [4.69, 9.17) is 0 Å². The van der Waals surface area contributed by atoms with Crippen LogP contribution in [-0.4, -0.2) is 35.3 Å². The van der Waals surface area contributed by atoms with Crippen LogP contribution in [0.15, 0.2) is 30.3 Å². The number of aryl methyl sites for hydroxylation is 3. The van der Waals surface area contributed by atoms with E-state index < -0.39 is 0 Å². The fourth-order valence-corrected chi connectivity index (χ4v) is 2.82. The van der Waals surface area contributed by atoms with Gasteiger partial charge < -0.3 is 16.0 Å². The molecular formula is C19H27N5O2. The summed E-state index contributed by atoms with van der Waals surface area (Å²) in [4.78, 5) is 23.7. The number of rotatable bonds is 7. The molecule has 1 heterocycles. The van der Waals surface area contributed by atoms with Gasteiger partial charge in [0.15, 0.2) is 0 Å². The summed E-state index contributed by atoms with van der Waals surface area (Å²) >= 11 is 0. The third-order valence-corrected chi connectivity index (χ3v) is 4.19. The van der Waals surface area contributed by atoms with Crippen molar-refractivity contribution in [2.24, 2.45) is 0 Å². The van der Waals surface area contributed by atoms with E-state index in [-0.39, 0.29) is 18.0 Å². The lowest BCUT2D eigenvalue weighted by molar-refractivity contribution is -0.120. The molecular weight excluding hydrogens is 330 g/mol. The minimum atomic E-state index is -0.272. The summed E-state index contributed by atoms with van der Waals surface area (Å²) in [6.07, 6.45) is 0.948. The number of anilines is 1. The summed E-state index contributed by atoms with van der Waals surface area (Å²) in [5.41, 5.74) is 3.67. The standard InChI is InChI=1S/C19H27N5O2/c1-13-11-14(2)24(23-13)15(3)12-21-19(26)22-17-8-6-5-7-16(17)9-10-18(25)20-4/h5-8,11,15H,9-10,12H2,1-4H3,(H,20,25)(H2,21,22,26)/t15-/m0/s1. The minimum absolute atomic E-state index is 0.0250. The minimum Gasteiger partial charge on any atom is -0.359 e. The second-order valence-electron chi connectivity index (χ2n) is 6.39. The maximum Gasteiger partial charge on any atom is 0.319 e. The molecule has 7 nitrogen and oxygen atoms in total. The Hall–Kier alpha value is -2.83. The van der Waals surface area contributed by atoms with Crippen LogP contribution >= 0.6 is 0 Å². The lowest BCUT2D eigenvalue weighted by Gasteiger charge is -2.16. The molecule has 1 aromatic carbocycles. The number of hydrogen-bond donors (Lipinski definition) is 3. The molecule has 0 aliphatic rings. The summed E-state index contributed by atoms with van der Waals surface area (Å²) < 4.78 is 1.91. The Morgan fingerprint density at radius 2 is 1.96 bits per heavy atom. The normalized spacial score (nSPS) is 11.7. The van der Waals surface area contributed by atoms with Crippen LogP contribution in [0.4, 0.5) is 10.5 Å². The van der Waals surface area contributed by atoms with Crippen molar-refractivity contribution in [3.8, 4) is 0 Å². The average molecular weight is 357 g/mol. The molecule has 0 fully saturated rings. The van der Waals surface area contributed by atoms with Crippen LogP contribution in [0.5, 0.6) is 0 Å². The number of hydrogen-bond acceptors (Lipinski definition) is 3. The van der Waals surface area contributed by atoms with Crippen molar-refractivity contribution < 1.29 is 9.59 Å². The smallest absolute Gasteiger partial charge is 0.319 e. The van der Waals surface area contributed by atoms with Gasteiger partial charge in [0, 0.05) is 31.4 Å². The van der Waals surface area contributed by atoms with Crippen LogP contribution in [0.1, 0.15) is 36.3 Å². The summed E-state index contributed by atoms with van der Waals surface area (Å²) in [5, 5.41) is 12.8. The van der Waals surface area contributed by atoms with Crippen LogP contribution in [0.2, 0.25) is 0 Å². The van der Waals surface area contributed by atoms with Crippen LogP contribution in [0, 0.1) is 13.8 Å². The Bertz CT molecular complexity index is 769. The van der Waals surface area contributed by atoms with Crippen molar-refractivity contribution in [2.45, 2.75) is 39.7 Å². The second kappa shape index (κ2) is 9.03. The summed E-state index contributed by atoms with van der Waals surface area (Å²) in [6.45, 7) is 6.43. The molecule has 0 unspecified atom stereocenters. The maximum absolute atomic E-state index is 12.3. The van der Waals surface area contributed by atoms with Crippen molar-refractivity contribution in [3.05, 3.63) is 47.3 Å². The van der Waals surface area contributed by atoms with Gasteiger partial charge in [0.05, 0.1) is 11.7 Å². The van der Waals surface area contributed by atoms with Gasteiger partial charge in [0.1, 0.15) is 0 Å². The highest BCUT2D eigenvalue weighted by Gasteiger charge is 2.12. The molecule has 0 spiro atoms. The number of nitrogens with one attached hydrogen (secondary N) is 3. The van der Waals surface area contributed by atoms with Gasteiger partial charge in [-0.3, -0.25) is 9.48 Å². The van der Waals surface area contributed by atoms with E-state index >= 15 is 0 Å². The molecule has 2 aromatic rings. The number of urea groups is 1. The number of para-hydroxylation sites is 1. The molecule has 1 atom stereocenters. The first-order valence-electron chi connectivity index (χ1n) is 8.76. The van der Waals surface area contributed by atoms with Crippen LogP contribution < -0.4 is 16.0 Å². The molecule has 0 aliphatic heterocycles. The van der Waals surface area contributed by atoms with E-state index in [0.717, 1.165) is 17.0 Å². The predicted octanol–water partition coefficient (Wildman–Crippen LogP) is 2.56. The van der Waals surface area contributed by atoms with Gasteiger partial charge in [0.25, 0.3) is 0 Å². The molecule has 3 N–H and O–H groups in total. The van der Waals surface area contributed by atoms with E-state index in [1.54, 1.807) is 7.05 Å². The number of benzene rings is 1. The first-order valence-corrected chi connectivity index (χ1v) is 8.76. The molecule has 140 valence electrons. The molecule has 7 heteroatoms. The van der Waals surface area contributed by atoms with Crippen molar-refractivity contribution in [1.29, 1.82) is 0 Å². The third-order valence-electron chi connectivity index (χ3n) is 4.19. The zero-order valence-electron chi connectivity index (χ0n) is 15.8. The maximum atomic E-state index is 12.3. The van der Waals surface area contributed by atoms with Gasteiger partial charge in [0.2, 0.25) is 5.91 Å². The fourth-order valence-electron chi connectivity index (χ4n) is 2.82. The molecule has 0 aliphatic carbocycles.